The van der Waals surface area contributed by atoms with Gasteiger partial charge in [0.15, 0.2) is 0 Å². The maximum absolute atomic E-state index is 12.0. The number of nitrogens with zero attached hydrogens (tertiary/aromatic N) is 1. The lowest BCUT2D eigenvalue weighted by molar-refractivity contribution is -0.136. The topological polar surface area (TPSA) is 61.4 Å². The molecule has 0 unspecified atom stereocenters. The zero-order valence-electron chi connectivity index (χ0n) is 12.7. The third kappa shape index (κ3) is 4.18. The lowest BCUT2D eigenvalue weighted by Gasteiger charge is -2.26. The van der Waals surface area contributed by atoms with Crippen LogP contribution in [0.2, 0.25) is 0 Å². The Bertz CT molecular complexity index is 684. The number of carbonyl (C=O) groups excluding carboxylic acids is 2. The SMILES string of the molecule is O=C(CN1CCNCC1=O)NCc1ccc(-c2ccccc2)s1. The first-order valence-electron chi connectivity index (χ1n) is 7.62. The van der Waals surface area contributed by atoms with Crippen LogP contribution >= 0.6 is 11.3 Å². The summed E-state index contributed by atoms with van der Waals surface area (Å²) >= 11 is 1.67. The van der Waals surface area contributed by atoms with Crippen LogP contribution in [0.15, 0.2) is 42.5 Å². The van der Waals surface area contributed by atoms with Crippen molar-refractivity contribution in [3.05, 3.63) is 47.3 Å². The summed E-state index contributed by atoms with van der Waals surface area (Å²) in [6.07, 6.45) is 0. The highest BCUT2D eigenvalue weighted by Gasteiger charge is 2.19. The Morgan fingerprint density at radius 1 is 1.22 bits per heavy atom. The summed E-state index contributed by atoms with van der Waals surface area (Å²) < 4.78 is 0. The van der Waals surface area contributed by atoms with Crippen LogP contribution in [-0.2, 0) is 16.1 Å². The molecule has 0 spiro atoms. The van der Waals surface area contributed by atoms with E-state index in [-0.39, 0.29) is 18.4 Å². The molecule has 1 saturated heterocycles. The van der Waals surface area contributed by atoms with Gasteiger partial charge in [-0.2, -0.15) is 0 Å². The van der Waals surface area contributed by atoms with Crippen LogP contribution in [0.3, 0.4) is 0 Å². The summed E-state index contributed by atoms with van der Waals surface area (Å²) in [7, 11) is 0. The van der Waals surface area contributed by atoms with Gasteiger partial charge < -0.3 is 15.5 Å². The van der Waals surface area contributed by atoms with Crippen molar-refractivity contribution >= 4 is 23.2 Å². The molecule has 0 radical (unpaired) electrons. The third-order valence-electron chi connectivity index (χ3n) is 3.70. The van der Waals surface area contributed by atoms with Gasteiger partial charge in [0.05, 0.1) is 19.6 Å². The minimum Gasteiger partial charge on any atom is -0.350 e. The third-order valence-corrected chi connectivity index (χ3v) is 4.84. The Morgan fingerprint density at radius 2 is 2.04 bits per heavy atom. The van der Waals surface area contributed by atoms with Gasteiger partial charge in [-0.3, -0.25) is 9.59 Å². The lowest BCUT2D eigenvalue weighted by atomic mass is 10.2. The molecule has 1 aliphatic rings. The van der Waals surface area contributed by atoms with Gasteiger partial charge in [0.1, 0.15) is 0 Å². The molecule has 6 heteroatoms. The standard InChI is InChI=1S/C17H19N3O2S/c21-16(12-20-9-8-18-11-17(20)22)19-10-14-6-7-15(23-14)13-4-2-1-3-5-13/h1-7,18H,8-12H2,(H,19,21). The molecule has 1 aliphatic heterocycles. The molecule has 3 rings (SSSR count). The van der Waals surface area contributed by atoms with Gasteiger partial charge in [-0.25, -0.2) is 0 Å². The molecule has 2 aromatic rings. The van der Waals surface area contributed by atoms with E-state index in [1.165, 1.54) is 10.4 Å². The first-order chi connectivity index (χ1) is 11.2. The van der Waals surface area contributed by atoms with Crippen LogP contribution in [0.1, 0.15) is 4.88 Å². The Hall–Kier alpha value is -2.18. The predicted molar refractivity (Wildman–Crippen MR) is 91.1 cm³/mol. The number of rotatable bonds is 5. The molecule has 0 bridgehead atoms. The van der Waals surface area contributed by atoms with Gasteiger partial charge >= 0.3 is 0 Å². The Morgan fingerprint density at radius 3 is 2.83 bits per heavy atom. The fraction of sp³-hybridized carbons (Fsp3) is 0.294. The van der Waals surface area contributed by atoms with Crippen molar-refractivity contribution in [3.63, 3.8) is 0 Å². The van der Waals surface area contributed by atoms with Gasteiger partial charge in [-0.05, 0) is 17.7 Å². The Balaban J connectivity index is 1.51. The number of hydrogen-bond donors (Lipinski definition) is 2. The van der Waals surface area contributed by atoms with Crippen LogP contribution < -0.4 is 10.6 Å². The summed E-state index contributed by atoms with van der Waals surface area (Å²) in [6, 6.07) is 14.3. The highest BCUT2D eigenvalue weighted by atomic mass is 32.1. The zero-order valence-corrected chi connectivity index (χ0v) is 13.6. The molecular formula is C17H19N3O2S. The second-order valence-corrected chi connectivity index (χ2v) is 6.57. The van der Waals surface area contributed by atoms with Crippen LogP contribution in [0.5, 0.6) is 0 Å². The quantitative estimate of drug-likeness (QED) is 0.873. The number of amides is 2. The van der Waals surface area contributed by atoms with E-state index in [9.17, 15) is 9.59 Å². The molecule has 0 aliphatic carbocycles. The van der Waals surface area contributed by atoms with E-state index in [0.29, 0.717) is 19.6 Å². The molecule has 2 N–H and O–H groups in total. The number of piperazine rings is 1. The second-order valence-electron chi connectivity index (χ2n) is 5.40. The number of nitrogens with one attached hydrogen (secondary N) is 2. The predicted octanol–water partition coefficient (Wildman–Crippen LogP) is 1.46. The van der Waals surface area contributed by atoms with E-state index in [1.54, 1.807) is 16.2 Å². The van der Waals surface area contributed by atoms with Crippen molar-refractivity contribution in [1.82, 2.24) is 15.5 Å². The molecule has 1 aromatic carbocycles. The van der Waals surface area contributed by atoms with E-state index in [0.717, 1.165) is 11.4 Å². The molecule has 1 aromatic heterocycles. The smallest absolute Gasteiger partial charge is 0.239 e. The lowest BCUT2D eigenvalue weighted by Crippen LogP contribution is -2.51. The molecule has 23 heavy (non-hydrogen) atoms. The van der Waals surface area contributed by atoms with Gasteiger partial charge in [0.2, 0.25) is 11.8 Å². The first-order valence-corrected chi connectivity index (χ1v) is 8.43. The minimum absolute atomic E-state index is 0.0195. The van der Waals surface area contributed by atoms with Crippen molar-refractivity contribution in [2.24, 2.45) is 0 Å². The van der Waals surface area contributed by atoms with Crippen molar-refractivity contribution in [3.8, 4) is 10.4 Å². The first kappa shape index (κ1) is 15.7. The molecule has 2 heterocycles. The molecule has 2 amide bonds. The number of thiophene rings is 1. The minimum atomic E-state index is -0.116. The fourth-order valence-corrected chi connectivity index (χ4v) is 3.41. The van der Waals surface area contributed by atoms with E-state index >= 15 is 0 Å². The van der Waals surface area contributed by atoms with Crippen LogP contribution in [-0.4, -0.2) is 42.9 Å². The molecule has 120 valence electrons. The largest absolute Gasteiger partial charge is 0.350 e. The highest BCUT2D eigenvalue weighted by Crippen LogP contribution is 2.27. The summed E-state index contributed by atoms with van der Waals surface area (Å²) in [5.41, 5.74) is 1.18. The Kier molecular flexibility index (Phi) is 5.05. The maximum atomic E-state index is 12.0. The summed E-state index contributed by atoms with van der Waals surface area (Å²) in [5, 5.41) is 5.88. The highest BCUT2D eigenvalue weighted by molar-refractivity contribution is 7.15. The number of benzene rings is 1. The van der Waals surface area contributed by atoms with Gasteiger partial charge in [-0.1, -0.05) is 30.3 Å². The van der Waals surface area contributed by atoms with E-state index in [2.05, 4.69) is 28.8 Å². The normalized spacial score (nSPS) is 14.8. The molecular weight excluding hydrogens is 310 g/mol. The molecule has 0 atom stereocenters. The molecule has 5 nitrogen and oxygen atoms in total. The molecule has 0 saturated carbocycles. The summed E-state index contributed by atoms with van der Waals surface area (Å²) in [4.78, 5) is 27.5. The summed E-state index contributed by atoms with van der Waals surface area (Å²) in [6.45, 7) is 2.28. The van der Waals surface area contributed by atoms with Gasteiger partial charge in [0.25, 0.3) is 0 Å². The Labute approximate surface area is 139 Å². The number of hydrogen-bond acceptors (Lipinski definition) is 4. The van der Waals surface area contributed by atoms with Crippen LogP contribution in [0, 0.1) is 0 Å². The number of carbonyl (C=O) groups is 2. The average Bonchev–Trinajstić information content (AvgIpc) is 3.05. The van der Waals surface area contributed by atoms with Gasteiger partial charge in [-0.15, -0.1) is 11.3 Å². The van der Waals surface area contributed by atoms with E-state index < -0.39 is 0 Å². The van der Waals surface area contributed by atoms with E-state index in [1.807, 2.05) is 24.3 Å². The fourth-order valence-electron chi connectivity index (χ4n) is 2.46. The maximum Gasteiger partial charge on any atom is 0.239 e. The van der Waals surface area contributed by atoms with Crippen molar-refractivity contribution < 1.29 is 9.59 Å². The monoisotopic (exact) mass is 329 g/mol. The zero-order chi connectivity index (χ0) is 16.1. The average molecular weight is 329 g/mol. The van der Waals surface area contributed by atoms with E-state index in [4.69, 9.17) is 0 Å². The van der Waals surface area contributed by atoms with Crippen LogP contribution in [0.4, 0.5) is 0 Å². The van der Waals surface area contributed by atoms with Gasteiger partial charge in [0, 0.05) is 22.8 Å². The van der Waals surface area contributed by atoms with Crippen molar-refractivity contribution in [1.29, 1.82) is 0 Å². The molecule has 1 fully saturated rings. The second kappa shape index (κ2) is 7.39. The van der Waals surface area contributed by atoms with Crippen molar-refractivity contribution in [2.45, 2.75) is 6.54 Å². The van der Waals surface area contributed by atoms with Crippen LogP contribution in [0.25, 0.3) is 10.4 Å². The van der Waals surface area contributed by atoms with Crippen molar-refractivity contribution in [2.75, 3.05) is 26.2 Å². The summed E-state index contributed by atoms with van der Waals surface area (Å²) in [5.74, 6) is -0.135.